The van der Waals surface area contributed by atoms with E-state index in [1.165, 1.54) is 18.2 Å². The first-order chi connectivity index (χ1) is 7.88. The van der Waals surface area contributed by atoms with Gasteiger partial charge in [0.25, 0.3) is 0 Å². The van der Waals surface area contributed by atoms with Crippen LogP contribution in [0, 0.1) is 5.82 Å². The molecular formula is C12H18ClFO2Si. The first kappa shape index (κ1) is 14.5. The third-order valence-corrected chi connectivity index (χ3v) is 4.19. The van der Waals surface area contributed by atoms with Crippen LogP contribution < -0.4 is 4.74 Å². The van der Waals surface area contributed by atoms with Gasteiger partial charge in [-0.3, -0.25) is 0 Å². The molecule has 0 aromatic heterocycles. The molecule has 0 heterocycles. The summed E-state index contributed by atoms with van der Waals surface area (Å²) < 4.78 is 23.5. The molecule has 0 N–H and O–H groups in total. The molecule has 0 amide bonds. The summed E-state index contributed by atoms with van der Waals surface area (Å²) in [5, 5.41) is 0.0598. The molecule has 0 saturated heterocycles. The van der Waals surface area contributed by atoms with Crippen molar-refractivity contribution in [2.45, 2.75) is 25.7 Å². The highest BCUT2D eigenvalue weighted by molar-refractivity contribution is 6.76. The molecule has 0 aliphatic heterocycles. The number of benzene rings is 1. The quantitative estimate of drug-likeness (QED) is 0.441. The fraction of sp³-hybridized carbons (Fsp3) is 0.500. The third kappa shape index (κ3) is 6.05. The Kier molecular flexibility index (Phi) is 5.43. The predicted octanol–water partition coefficient (Wildman–Crippen LogP) is 4.17. The Hall–Kier alpha value is -0.583. The van der Waals surface area contributed by atoms with Gasteiger partial charge in [-0.2, -0.15) is 0 Å². The van der Waals surface area contributed by atoms with Crippen molar-refractivity contribution < 1.29 is 13.9 Å². The normalized spacial score (nSPS) is 11.6. The molecule has 0 saturated carbocycles. The Morgan fingerprint density at radius 1 is 1.29 bits per heavy atom. The first-order valence-corrected chi connectivity index (χ1v) is 9.62. The van der Waals surface area contributed by atoms with Gasteiger partial charge in [0, 0.05) is 20.7 Å². The molecule has 0 aliphatic carbocycles. The van der Waals surface area contributed by atoms with Crippen LogP contribution in [-0.4, -0.2) is 21.5 Å². The first-order valence-electron chi connectivity index (χ1n) is 5.54. The van der Waals surface area contributed by atoms with Crippen molar-refractivity contribution in [1.82, 2.24) is 0 Å². The number of ether oxygens (including phenoxy) is 2. The van der Waals surface area contributed by atoms with Crippen molar-refractivity contribution in [2.24, 2.45) is 0 Å². The number of hydrogen-bond donors (Lipinski definition) is 0. The van der Waals surface area contributed by atoms with E-state index < -0.39 is 13.9 Å². The Morgan fingerprint density at radius 3 is 2.59 bits per heavy atom. The zero-order chi connectivity index (χ0) is 12.9. The topological polar surface area (TPSA) is 18.5 Å². The van der Waals surface area contributed by atoms with Gasteiger partial charge < -0.3 is 9.47 Å². The second-order valence-electron chi connectivity index (χ2n) is 5.06. The van der Waals surface area contributed by atoms with Crippen molar-refractivity contribution in [1.29, 1.82) is 0 Å². The molecule has 0 atom stereocenters. The van der Waals surface area contributed by atoms with Crippen LogP contribution in [0.1, 0.15) is 0 Å². The van der Waals surface area contributed by atoms with E-state index >= 15 is 0 Å². The second-order valence-corrected chi connectivity index (χ2v) is 11.1. The van der Waals surface area contributed by atoms with Gasteiger partial charge in [0.05, 0.1) is 5.02 Å². The average Bonchev–Trinajstić information content (AvgIpc) is 2.21. The van der Waals surface area contributed by atoms with Gasteiger partial charge in [0.2, 0.25) is 0 Å². The van der Waals surface area contributed by atoms with E-state index in [9.17, 15) is 4.39 Å². The molecule has 2 nitrogen and oxygen atoms in total. The van der Waals surface area contributed by atoms with Crippen LogP contribution in [0.3, 0.4) is 0 Å². The lowest BCUT2D eigenvalue weighted by molar-refractivity contribution is 0.0220. The lowest BCUT2D eigenvalue weighted by Gasteiger charge is -2.15. The summed E-state index contributed by atoms with van der Waals surface area (Å²) >= 11 is 5.62. The maximum Gasteiger partial charge on any atom is 0.189 e. The molecule has 0 bridgehead atoms. The monoisotopic (exact) mass is 276 g/mol. The fourth-order valence-corrected chi connectivity index (χ4v) is 2.04. The van der Waals surface area contributed by atoms with E-state index in [4.69, 9.17) is 21.1 Å². The van der Waals surface area contributed by atoms with Crippen molar-refractivity contribution in [3.8, 4) is 5.75 Å². The summed E-state index contributed by atoms with van der Waals surface area (Å²) in [6.45, 7) is 7.74. The minimum atomic E-state index is -1.05. The van der Waals surface area contributed by atoms with Crippen LogP contribution in [0.2, 0.25) is 30.7 Å². The Bertz CT molecular complexity index is 366. The summed E-state index contributed by atoms with van der Waals surface area (Å²) in [6.07, 6.45) is 0. The summed E-state index contributed by atoms with van der Waals surface area (Å²) in [4.78, 5) is 0. The fourth-order valence-electron chi connectivity index (χ4n) is 1.11. The van der Waals surface area contributed by atoms with Crippen LogP contribution in [0.4, 0.5) is 4.39 Å². The molecule has 0 spiro atoms. The van der Waals surface area contributed by atoms with Gasteiger partial charge in [-0.05, 0) is 18.2 Å². The van der Waals surface area contributed by atoms with E-state index in [0.29, 0.717) is 12.4 Å². The van der Waals surface area contributed by atoms with E-state index in [1.54, 1.807) is 0 Å². The molecule has 0 fully saturated rings. The van der Waals surface area contributed by atoms with Crippen LogP contribution in [-0.2, 0) is 4.74 Å². The number of rotatable bonds is 6. The molecule has 1 rings (SSSR count). The van der Waals surface area contributed by atoms with Crippen molar-refractivity contribution >= 4 is 19.7 Å². The Morgan fingerprint density at radius 2 is 2.00 bits per heavy atom. The lowest BCUT2D eigenvalue weighted by atomic mass is 10.3. The molecule has 17 heavy (non-hydrogen) atoms. The van der Waals surface area contributed by atoms with Crippen LogP contribution in [0.15, 0.2) is 18.2 Å². The van der Waals surface area contributed by atoms with Crippen LogP contribution in [0.5, 0.6) is 5.75 Å². The summed E-state index contributed by atoms with van der Waals surface area (Å²) in [6, 6.07) is 5.35. The SMILES string of the molecule is C[Si](C)(C)CCOCOc1ccc(F)c(Cl)c1. The van der Waals surface area contributed by atoms with Crippen molar-refractivity contribution in [3.05, 3.63) is 29.0 Å². The highest BCUT2D eigenvalue weighted by Gasteiger charge is 2.11. The molecule has 0 radical (unpaired) electrons. The van der Waals surface area contributed by atoms with Crippen LogP contribution in [0.25, 0.3) is 0 Å². The molecular weight excluding hydrogens is 259 g/mol. The van der Waals surface area contributed by atoms with Gasteiger partial charge in [-0.25, -0.2) is 4.39 Å². The van der Waals surface area contributed by atoms with Gasteiger partial charge >= 0.3 is 0 Å². The van der Waals surface area contributed by atoms with Gasteiger partial charge in [0.1, 0.15) is 11.6 Å². The largest absolute Gasteiger partial charge is 0.468 e. The van der Waals surface area contributed by atoms with E-state index in [0.717, 1.165) is 6.04 Å². The van der Waals surface area contributed by atoms with E-state index in [2.05, 4.69) is 19.6 Å². The summed E-state index contributed by atoms with van der Waals surface area (Å²) in [7, 11) is -1.05. The van der Waals surface area contributed by atoms with Crippen molar-refractivity contribution in [2.75, 3.05) is 13.4 Å². The minimum Gasteiger partial charge on any atom is -0.468 e. The second kappa shape index (κ2) is 6.38. The van der Waals surface area contributed by atoms with Crippen molar-refractivity contribution in [3.63, 3.8) is 0 Å². The number of halogens is 2. The Labute approximate surface area is 108 Å². The maximum atomic E-state index is 12.9. The maximum absolute atomic E-state index is 12.9. The predicted molar refractivity (Wildman–Crippen MR) is 71.0 cm³/mol. The summed E-state index contributed by atoms with van der Waals surface area (Å²) in [5.74, 6) is 0.0723. The van der Waals surface area contributed by atoms with Gasteiger partial charge in [-0.1, -0.05) is 31.2 Å². The lowest BCUT2D eigenvalue weighted by Crippen LogP contribution is -2.22. The molecule has 0 unspecified atom stereocenters. The van der Waals surface area contributed by atoms with Gasteiger partial charge in [0.15, 0.2) is 6.79 Å². The minimum absolute atomic E-state index is 0.0598. The third-order valence-electron chi connectivity index (χ3n) is 2.20. The molecule has 5 heteroatoms. The summed E-state index contributed by atoms with van der Waals surface area (Å²) in [5.41, 5.74) is 0. The number of hydrogen-bond acceptors (Lipinski definition) is 2. The molecule has 96 valence electrons. The highest BCUT2D eigenvalue weighted by Crippen LogP contribution is 2.21. The average molecular weight is 277 g/mol. The molecule has 0 aliphatic rings. The zero-order valence-electron chi connectivity index (χ0n) is 10.4. The standard InChI is InChI=1S/C12H18ClFO2Si/c1-17(2,3)7-6-15-9-16-10-4-5-12(14)11(13)8-10/h4-5,8H,6-7,9H2,1-3H3. The van der Waals surface area contributed by atoms with E-state index in [1.807, 2.05) is 0 Å². The highest BCUT2D eigenvalue weighted by atomic mass is 35.5. The van der Waals surface area contributed by atoms with Crippen LogP contribution >= 0.6 is 11.6 Å². The van der Waals surface area contributed by atoms with Gasteiger partial charge in [-0.15, -0.1) is 0 Å². The smallest absolute Gasteiger partial charge is 0.189 e. The zero-order valence-corrected chi connectivity index (χ0v) is 12.2. The Balaban J connectivity index is 2.25. The molecule has 1 aromatic rings. The molecule has 1 aromatic carbocycles. The van der Waals surface area contributed by atoms with E-state index in [-0.39, 0.29) is 11.8 Å².